The van der Waals surface area contributed by atoms with Gasteiger partial charge in [-0.05, 0) is 25.1 Å². The standard InChI is InChI=1S/C11H9ClF5NO2/c1-2-20-8-4-3-6(5-7(8)12)18-9(19)10(13,14)11(15,16)17/h3-5H,2H2,1H3,(H,18,19). The van der Waals surface area contributed by atoms with Crippen LogP contribution in [0, 0.1) is 0 Å². The zero-order valence-electron chi connectivity index (χ0n) is 10.0. The lowest BCUT2D eigenvalue weighted by molar-refractivity contribution is -0.267. The molecule has 1 N–H and O–H groups in total. The summed E-state index contributed by atoms with van der Waals surface area (Å²) in [6.45, 7) is 1.97. The van der Waals surface area contributed by atoms with Gasteiger partial charge < -0.3 is 10.1 Å². The van der Waals surface area contributed by atoms with Crippen molar-refractivity contribution in [1.82, 2.24) is 0 Å². The van der Waals surface area contributed by atoms with Gasteiger partial charge in [0.1, 0.15) is 5.75 Å². The first kappa shape index (κ1) is 16.5. The number of ether oxygens (including phenoxy) is 1. The summed E-state index contributed by atoms with van der Waals surface area (Å²) in [6.07, 6.45) is -5.97. The molecule has 0 atom stereocenters. The van der Waals surface area contributed by atoms with E-state index in [9.17, 15) is 26.7 Å². The SMILES string of the molecule is CCOc1ccc(NC(=O)C(F)(F)C(F)(F)F)cc1Cl. The number of rotatable bonds is 4. The van der Waals surface area contributed by atoms with E-state index in [4.69, 9.17) is 16.3 Å². The van der Waals surface area contributed by atoms with Gasteiger partial charge in [-0.25, -0.2) is 0 Å². The molecule has 1 aromatic carbocycles. The minimum atomic E-state index is -5.97. The second kappa shape index (κ2) is 5.82. The van der Waals surface area contributed by atoms with Crippen LogP contribution < -0.4 is 10.1 Å². The number of nitrogens with one attached hydrogen (secondary N) is 1. The molecule has 0 radical (unpaired) electrons. The zero-order chi connectivity index (χ0) is 15.6. The number of amides is 1. The molecule has 0 aliphatic carbocycles. The van der Waals surface area contributed by atoms with Gasteiger partial charge in [0.15, 0.2) is 0 Å². The fourth-order valence-corrected chi connectivity index (χ4v) is 1.42. The van der Waals surface area contributed by atoms with Gasteiger partial charge in [0.2, 0.25) is 0 Å². The van der Waals surface area contributed by atoms with Crippen molar-refractivity contribution in [2.45, 2.75) is 19.0 Å². The Labute approximate surface area is 115 Å². The van der Waals surface area contributed by atoms with Crippen LogP contribution in [-0.2, 0) is 4.79 Å². The molecular weight excluding hydrogens is 309 g/mol. The van der Waals surface area contributed by atoms with Crippen LogP contribution in [0.5, 0.6) is 5.75 Å². The third-order valence-electron chi connectivity index (χ3n) is 2.13. The molecule has 3 nitrogen and oxygen atoms in total. The smallest absolute Gasteiger partial charge is 0.463 e. The highest BCUT2D eigenvalue weighted by Crippen LogP contribution is 2.36. The van der Waals surface area contributed by atoms with E-state index in [2.05, 4.69) is 0 Å². The summed E-state index contributed by atoms with van der Waals surface area (Å²) in [5, 5.41) is 1.42. The Bertz CT molecular complexity index is 504. The monoisotopic (exact) mass is 317 g/mol. The van der Waals surface area contributed by atoms with Crippen molar-refractivity contribution in [3.05, 3.63) is 23.2 Å². The van der Waals surface area contributed by atoms with Crippen molar-refractivity contribution < 1.29 is 31.5 Å². The summed E-state index contributed by atoms with van der Waals surface area (Å²) in [7, 11) is 0. The topological polar surface area (TPSA) is 38.3 Å². The molecule has 0 aliphatic heterocycles. The van der Waals surface area contributed by atoms with Crippen LogP contribution in [0.2, 0.25) is 5.02 Å². The Morgan fingerprint density at radius 2 is 1.90 bits per heavy atom. The molecule has 0 fully saturated rings. The number of anilines is 1. The Hall–Kier alpha value is -1.57. The predicted molar refractivity (Wildman–Crippen MR) is 62.3 cm³/mol. The van der Waals surface area contributed by atoms with Crippen molar-refractivity contribution in [2.75, 3.05) is 11.9 Å². The summed E-state index contributed by atoms with van der Waals surface area (Å²) in [6, 6.07) is 3.35. The average Bonchev–Trinajstić information content (AvgIpc) is 2.31. The number of hydrogen-bond donors (Lipinski definition) is 1. The van der Waals surface area contributed by atoms with E-state index < -0.39 is 18.0 Å². The predicted octanol–water partition coefficient (Wildman–Crippen LogP) is 3.87. The number of hydrogen-bond acceptors (Lipinski definition) is 2. The second-order valence-corrected chi connectivity index (χ2v) is 4.01. The van der Waals surface area contributed by atoms with Gasteiger partial charge in [0.05, 0.1) is 11.6 Å². The third-order valence-corrected chi connectivity index (χ3v) is 2.43. The first-order valence-corrected chi connectivity index (χ1v) is 5.65. The normalized spacial score (nSPS) is 12.2. The molecule has 112 valence electrons. The molecule has 0 bridgehead atoms. The van der Waals surface area contributed by atoms with Crippen molar-refractivity contribution in [2.24, 2.45) is 0 Å². The Morgan fingerprint density at radius 3 is 2.35 bits per heavy atom. The maximum atomic E-state index is 12.7. The zero-order valence-corrected chi connectivity index (χ0v) is 10.8. The lowest BCUT2D eigenvalue weighted by atomic mass is 10.2. The molecule has 0 aromatic heterocycles. The van der Waals surface area contributed by atoms with E-state index >= 15 is 0 Å². The Morgan fingerprint density at radius 1 is 1.30 bits per heavy atom. The molecule has 0 unspecified atom stereocenters. The largest absolute Gasteiger partial charge is 0.492 e. The quantitative estimate of drug-likeness (QED) is 0.856. The molecule has 1 rings (SSSR count). The number of benzene rings is 1. The van der Waals surface area contributed by atoms with Crippen molar-refractivity contribution in [3.63, 3.8) is 0 Å². The van der Waals surface area contributed by atoms with E-state index in [0.29, 0.717) is 0 Å². The molecule has 0 spiro atoms. The second-order valence-electron chi connectivity index (χ2n) is 3.60. The number of halogens is 6. The minimum Gasteiger partial charge on any atom is -0.492 e. The van der Waals surface area contributed by atoms with E-state index in [1.54, 1.807) is 6.92 Å². The Balaban J connectivity index is 2.89. The summed E-state index contributed by atoms with van der Waals surface area (Å²) in [5.74, 6) is -7.75. The first-order chi connectivity index (χ1) is 9.09. The number of alkyl halides is 5. The van der Waals surface area contributed by atoms with E-state index in [1.807, 2.05) is 0 Å². The van der Waals surface area contributed by atoms with Crippen LogP contribution in [0.4, 0.5) is 27.6 Å². The van der Waals surface area contributed by atoms with Crippen molar-refractivity contribution in [1.29, 1.82) is 0 Å². The highest BCUT2D eigenvalue weighted by molar-refractivity contribution is 6.32. The summed E-state index contributed by atoms with van der Waals surface area (Å²) >= 11 is 5.71. The maximum Gasteiger partial charge on any atom is 0.463 e. The Kier molecular flexibility index (Phi) is 4.80. The average molecular weight is 318 g/mol. The number of carbonyl (C=O) groups excluding carboxylic acids is 1. The van der Waals surface area contributed by atoms with Crippen molar-refractivity contribution >= 4 is 23.2 Å². The maximum absolute atomic E-state index is 12.7. The molecule has 20 heavy (non-hydrogen) atoms. The molecule has 0 aliphatic rings. The lowest BCUT2D eigenvalue weighted by Crippen LogP contribution is -2.47. The van der Waals surface area contributed by atoms with Crippen LogP contribution in [0.1, 0.15) is 6.92 Å². The van der Waals surface area contributed by atoms with Gasteiger partial charge in [-0.2, -0.15) is 22.0 Å². The molecule has 0 saturated carbocycles. The van der Waals surface area contributed by atoms with Crippen LogP contribution >= 0.6 is 11.6 Å². The van der Waals surface area contributed by atoms with Gasteiger partial charge >= 0.3 is 18.0 Å². The van der Waals surface area contributed by atoms with E-state index in [0.717, 1.165) is 12.1 Å². The van der Waals surface area contributed by atoms with Gasteiger partial charge in [-0.3, -0.25) is 4.79 Å². The minimum absolute atomic E-state index is 0.0278. The molecule has 9 heteroatoms. The fraction of sp³-hybridized carbons (Fsp3) is 0.364. The molecule has 1 amide bonds. The molecule has 1 aromatic rings. The van der Waals surface area contributed by atoms with Gasteiger partial charge in [-0.1, -0.05) is 11.6 Å². The van der Waals surface area contributed by atoms with Crippen LogP contribution in [0.25, 0.3) is 0 Å². The number of carbonyl (C=O) groups is 1. The highest BCUT2D eigenvalue weighted by atomic mass is 35.5. The van der Waals surface area contributed by atoms with Crippen LogP contribution in [0.3, 0.4) is 0 Å². The first-order valence-electron chi connectivity index (χ1n) is 5.28. The summed E-state index contributed by atoms with van der Waals surface area (Å²) < 4.78 is 66.4. The summed E-state index contributed by atoms with van der Waals surface area (Å²) in [5.41, 5.74) is -0.299. The fourth-order valence-electron chi connectivity index (χ4n) is 1.19. The lowest BCUT2D eigenvalue weighted by Gasteiger charge is -2.18. The highest BCUT2D eigenvalue weighted by Gasteiger charge is 2.63. The summed E-state index contributed by atoms with van der Waals surface area (Å²) in [4.78, 5) is 10.9. The van der Waals surface area contributed by atoms with E-state index in [1.165, 1.54) is 11.4 Å². The molecular formula is C11H9ClF5NO2. The van der Waals surface area contributed by atoms with Crippen LogP contribution in [0.15, 0.2) is 18.2 Å². The van der Waals surface area contributed by atoms with Crippen molar-refractivity contribution in [3.8, 4) is 5.75 Å². The van der Waals surface area contributed by atoms with E-state index in [-0.39, 0.29) is 23.1 Å². The molecule has 0 heterocycles. The van der Waals surface area contributed by atoms with Crippen LogP contribution in [-0.4, -0.2) is 24.6 Å². The van der Waals surface area contributed by atoms with Gasteiger partial charge in [0, 0.05) is 5.69 Å². The van der Waals surface area contributed by atoms with Gasteiger partial charge in [0.25, 0.3) is 0 Å². The van der Waals surface area contributed by atoms with Gasteiger partial charge in [-0.15, -0.1) is 0 Å². The molecule has 0 saturated heterocycles. The third kappa shape index (κ3) is 3.50.